The van der Waals surface area contributed by atoms with Crippen LogP contribution in [0.25, 0.3) is 0 Å². The highest BCUT2D eigenvalue weighted by molar-refractivity contribution is 5.93. The van der Waals surface area contributed by atoms with E-state index >= 15 is 0 Å². The van der Waals surface area contributed by atoms with Crippen LogP contribution in [0.2, 0.25) is 0 Å². The second-order valence-electron chi connectivity index (χ2n) is 20.0. The molecule has 0 radical (unpaired) electrons. The summed E-state index contributed by atoms with van der Waals surface area (Å²) in [5.41, 5.74) is 5.86. The molecule has 506 valence electrons. The molecule has 9 atom stereocenters. The third-order valence-electron chi connectivity index (χ3n) is 12.7. The Balaban J connectivity index is 4.25. The summed E-state index contributed by atoms with van der Waals surface area (Å²) < 4.78 is 37.2. The molecule has 0 rings (SSSR count). The molecule has 8 amide bonds. The molecule has 36 nitrogen and oxygen atoms in total. The largest absolute Gasteiger partial charge is 0.468 e. The first-order chi connectivity index (χ1) is 41.0. The number of likely N-dealkylation sites (N-methyl/N-ethyl adjacent to an activating group) is 6. The third kappa shape index (κ3) is 35.9. The maximum atomic E-state index is 12.8. The lowest BCUT2D eigenvalue weighted by molar-refractivity contribution is -0.148. The molecule has 0 aromatic rings. The molecule has 0 aliphatic carbocycles. The van der Waals surface area contributed by atoms with Crippen LogP contribution in [0.4, 0.5) is 0 Å². The summed E-state index contributed by atoms with van der Waals surface area (Å²) in [5, 5.41) is 103. The Morgan fingerprint density at radius 2 is 0.713 bits per heavy atom. The first kappa shape index (κ1) is 81.5. The van der Waals surface area contributed by atoms with Crippen LogP contribution in [0.5, 0.6) is 0 Å². The van der Waals surface area contributed by atoms with Gasteiger partial charge in [-0.25, -0.2) is 0 Å². The predicted octanol–water partition coefficient (Wildman–Crippen LogP) is -11.9. The van der Waals surface area contributed by atoms with Crippen molar-refractivity contribution < 1.29 is 127 Å². The first-order valence-corrected chi connectivity index (χ1v) is 27.7. The number of hydrogen-bond acceptors (Lipinski definition) is 28. The quantitative estimate of drug-likeness (QED) is 0.0199. The number of carbonyl (C=O) groups excluding carboxylic acids is 9. The van der Waals surface area contributed by atoms with Crippen LogP contribution < -0.4 is 16.4 Å². The number of carbonyl (C=O) groups is 9. The molecule has 36 heteroatoms. The maximum Gasteiger partial charge on any atom is 0.325 e. The van der Waals surface area contributed by atoms with Crippen molar-refractivity contribution >= 4 is 53.2 Å². The molecule has 87 heavy (non-hydrogen) atoms. The number of esters is 1. The summed E-state index contributed by atoms with van der Waals surface area (Å²) in [6.07, 6.45) is -15.0. The van der Waals surface area contributed by atoms with Crippen LogP contribution in [0.1, 0.15) is 6.42 Å². The van der Waals surface area contributed by atoms with Crippen molar-refractivity contribution in [1.29, 1.82) is 0 Å². The zero-order valence-corrected chi connectivity index (χ0v) is 50.8. The van der Waals surface area contributed by atoms with E-state index < -0.39 is 174 Å². The standard InChI is InChI=1S/C51H96N10O26/c1-55(26-41(70)56(2)27-42(71)57(3)28-43(72)58(4)29-44(73)59(5)30-45(74)60(6)31-46(75)81-7)40(69)23-54-39(68)22-34(52)51(80)53-8-10-82-12-14-84-16-18-86-20-21-87-19-17-85-15-13-83-11-9-61(24-35(64)47(76)49(78)37(66)32-62)25-36(65)48(77)50(79)38(67)33-63/h34-38,47-50,62-67,76-79H,8-33,52H2,1-7H3,(H,53,80)(H,54,68)/t34-,35-,36-,37+,38+,47+,48+,49+,50+/m0/s1. The fraction of sp³-hybridized carbons (Fsp3) is 0.824. The third-order valence-corrected chi connectivity index (χ3v) is 12.7. The van der Waals surface area contributed by atoms with Crippen LogP contribution >= 0.6 is 0 Å². The zero-order valence-electron chi connectivity index (χ0n) is 50.8. The Morgan fingerprint density at radius 3 is 1.05 bits per heavy atom. The van der Waals surface area contributed by atoms with Gasteiger partial charge in [-0.05, 0) is 0 Å². The van der Waals surface area contributed by atoms with Gasteiger partial charge in [0.25, 0.3) is 0 Å². The summed E-state index contributed by atoms with van der Waals surface area (Å²) in [4.78, 5) is 120. The van der Waals surface area contributed by atoms with Crippen molar-refractivity contribution in [2.75, 3.05) is 214 Å². The molecule has 0 fully saturated rings. The molecule has 0 aliphatic heterocycles. The van der Waals surface area contributed by atoms with Crippen LogP contribution in [0.3, 0.4) is 0 Å². The van der Waals surface area contributed by atoms with Crippen LogP contribution in [-0.2, 0) is 76.3 Å². The summed E-state index contributed by atoms with van der Waals surface area (Å²) in [6.45, 7) is -3.18. The Labute approximate surface area is 505 Å². The normalized spacial score (nSPS) is 14.5. The van der Waals surface area contributed by atoms with Crippen molar-refractivity contribution in [2.24, 2.45) is 5.73 Å². The summed E-state index contributed by atoms with van der Waals surface area (Å²) in [5.74, 6) is -5.69. The minimum absolute atomic E-state index is 0.00819. The summed E-state index contributed by atoms with van der Waals surface area (Å²) in [7, 11) is 9.13. The smallest absolute Gasteiger partial charge is 0.325 e. The van der Waals surface area contributed by atoms with Crippen LogP contribution in [0, 0.1) is 0 Å². The number of ether oxygens (including phenoxy) is 7. The first-order valence-electron chi connectivity index (χ1n) is 27.7. The number of rotatable bonds is 50. The maximum absolute atomic E-state index is 12.8. The van der Waals surface area contributed by atoms with Gasteiger partial charge in [0.05, 0.1) is 164 Å². The molecule has 14 N–H and O–H groups in total. The minimum atomic E-state index is -1.91. The molecule has 0 saturated heterocycles. The van der Waals surface area contributed by atoms with E-state index in [2.05, 4.69) is 15.4 Å². The molecule has 0 aliphatic rings. The predicted molar refractivity (Wildman–Crippen MR) is 300 cm³/mol. The SMILES string of the molecule is COC(=O)CN(C)C(=O)CN(C)C(=O)CN(C)C(=O)CN(C)C(=O)CN(C)C(=O)CN(C)C(=O)CNC(=O)C[C@H](N)C(=O)NCCOCCOCCOCCOCCOCCOCCN(C[C@H](O)[C@@H](O)[C@H](O)[C@H](O)CO)C[C@H](O)[C@@H](O)[C@H](O)[C@H](O)CO. The van der Waals surface area contributed by atoms with Gasteiger partial charge in [-0.3, -0.25) is 48.1 Å². The molecular weight excluding hydrogens is 1170 g/mol. The average molecular weight is 1270 g/mol. The highest BCUT2D eigenvalue weighted by atomic mass is 16.6. The van der Waals surface area contributed by atoms with Gasteiger partial charge in [-0.15, -0.1) is 0 Å². The van der Waals surface area contributed by atoms with Gasteiger partial charge in [0, 0.05) is 68.5 Å². The van der Waals surface area contributed by atoms with Crippen molar-refractivity contribution in [1.82, 2.24) is 44.9 Å². The van der Waals surface area contributed by atoms with Gasteiger partial charge < -0.3 is 130 Å². The lowest BCUT2D eigenvalue weighted by Crippen LogP contribution is -2.53. The highest BCUT2D eigenvalue weighted by Crippen LogP contribution is 2.11. The fourth-order valence-electron chi connectivity index (χ4n) is 6.98. The molecule has 0 saturated carbocycles. The van der Waals surface area contributed by atoms with E-state index in [1.807, 2.05) is 0 Å². The highest BCUT2D eigenvalue weighted by Gasteiger charge is 2.35. The Kier molecular flexibility index (Phi) is 43.7. The molecule has 0 unspecified atom stereocenters. The number of nitrogens with one attached hydrogen (secondary N) is 2. The van der Waals surface area contributed by atoms with Gasteiger partial charge in [-0.2, -0.15) is 0 Å². The summed E-state index contributed by atoms with van der Waals surface area (Å²) >= 11 is 0. The van der Waals surface area contributed by atoms with Crippen molar-refractivity contribution in [3.8, 4) is 0 Å². The lowest BCUT2D eigenvalue weighted by atomic mass is 10.0. The second-order valence-corrected chi connectivity index (χ2v) is 20.0. The number of aliphatic hydroxyl groups is 10. The van der Waals surface area contributed by atoms with E-state index in [-0.39, 0.29) is 105 Å². The Hall–Kier alpha value is -5.49. The molecule has 0 aromatic heterocycles. The van der Waals surface area contributed by atoms with Gasteiger partial charge in [-0.1, -0.05) is 0 Å². The second kappa shape index (κ2) is 46.6. The number of nitrogens with zero attached hydrogens (tertiary/aromatic N) is 7. The molecular formula is C51H96N10O26. The van der Waals surface area contributed by atoms with Gasteiger partial charge in [0.15, 0.2) is 0 Å². The fourth-order valence-corrected chi connectivity index (χ4v) is 6.98. The monoisotopic (exact) mass is 1260 g/mol. The number of hydrogen-bond donors (Lipinski definition) is 13. The van der Waals surface area contributed by atoms with E-state index in [9.17, 15) is 84.0 Å². The molecule has 0 heterocycles. The molecule has 0 bridgehead atoms. The van der Waals surface area contributed by atoms with Crippen molar-refractivity contribution in [3.63, 3.8) is 0 Å². The number of amides is 8. The Morgan fingerprint density at radius 1 is 0.414 bits per heavy atom. The molecule has 0 aromatic carbocycles. The van der Waals surface area contributed by atoms with Gasteiger partial charge in [0.1, 0.15) is 43.2 Å². The average Bonchev–Trinajstić information content (AvgIpc) is 3.70. The summed E-state index contributed by atoms with van der Waals surface area (Å²) in [6, 6.07) is -1.25. The lowest BCUT2D eigenvalue weighted by Gasteiger charge is -2.33. The number of nitrogens with two attached hydrogens (primary N) is 1. The van der Waals surface area contributed by atoms with Gasteiger partial charge in [0.2, 0.25) is 47.3 Å². The van der Waals surface area contributed by atoms with E-state index in [0.717, 1.165) is 29.4 Å². The van der Waals surface area contributed by atoms with Gasteiger partial charge >= 0.3 is 5.97 Å². The number of aliphatic hydroxyl groups excluding tert-OH is 10. The van der Waals surface area contributed by atoms with Crippen LogP contribution in [-0.4, -0.2) is 407 Å². The zero-order chi connectivity index (χ0) is 66.2. The van der Waals surface area contributed by atoms with Crippen LogP contribution in [0.15, 0.2) is 0 Å². The minimum Gasteiger partial charge on any atom is -0.468 e. The topological polar surface area (TPSA) is 493 Å². The Bertz CT molecular complexity index is 1990. The number of methoxy groups -OCH3 is 1. The van der Waals surface area contributed by atoms with Crippen molar-refractivity contribution in [3.05, 3.63) is 0 Å². The van der Waals surface area contributed by atoms with E-state index in [1.165, 1.54) is 54.3 Å². The van der Waals surface area contributed by atoms with Crippen molar-refractivity contribution in [2.45, 2.75) is 61.3 Å². The van der Waals surface area contributed by atoms with E-state index in [0.29, 0.717) is 0 Å². The van der Waals surface area contributed by atoms with E-state index in [4.69, 9.17) is 44.4 Å². The van der Waals surface area contributed by atoms with E-state index in [1.54, 1.807) is 0 Å². The molecule has 0 spiro atoms.